The first-order valence-corrected chi connectivity index (χ1v) is 7.16. The lowest BCUT2D eigenvalue weighted by Crippen LogP contribution is -1.98. The normalized spacial score (nSPS) is 10.5. The first-order chi connectivity index (χ1) is 11.2. The van der Waals surface area contributed by atoms with E-state index in [1.54, 1.807) is 23.0 Å². The Morgan fingerprint density at radius 2 is 1.83 bits per heavy atom. The highest BCUT2D eigenvalue weighted by Gasteiger charge is 2.07. The largest absolute Gasteiger partial charge is 0.494 e. The summed E-state index contributed by atoms with van der Waals surface area (Å²) in [5.41, 5.74) is 2.65. The molecule has 6 nitrogen and oxygen atoms in total. The van der Waals surface area contributed by atoms with Gasteiger partial charge in [0.1, 0.15) is 11.4 Å². The molecule has 23 heavy (non-hydrogen) atoms. The SMILES string of the molecule is CCOc1ccc(-c2cn(-c3ccc(C(=O)O)cc3)nn2)cc1. The van der Waals surface area contributed by atoms with Crippen molar-refractivity contribution < 1.29 is 14.6 Å². The van der Waals surface area contributed by atoms with E-state index in [4.69, 9.17) is 9.84 Å². The molecule has 116 valence electrons. The lowest BCUT2D eigenvalue weighted by atomic mass is 10.1. The highest BCUT2D eigenvalue weighted by Crippen LogP contribution is 2.21. The maximum Gasteiger partial charge on any atom is 0.335 e. The summed E-state index contributed by atoms with van der Waals surface area (Å²) < 4.78 is 7.02. The number of rotatable bonds is 5. The minimum atomic E-state index is -0.954. The van der Waals surface area contributed by atoms with E-state index in [1.165, 1.54) is 12.1 Å². The van der Waals surface area contributed by atoms with Crippen LogP contribution in [0.2, 0.25) is 0 Å². The van der Waals surface area contributed by atoms with Crippen LogP contribution in [0.15, 0.2) is 54.7 Å². The predicted octanol–water partition coefficient (Wildman–Crippen LogP) is 3.03. The third kappa shape index (κ3) is 3.21. The van der Waals surface area contributed by atoms with Crippen molar-refractivity contribution in [3.63, 3.8) is 0 Å². The third-order valence-electron chi connectivity index (χ3n) is 3.33. The molecule has 0 saturated heterocycles. The quantitative estimate of drug-likeness (QED) is 0.784. The van der Waals surface area contributed by atoms with Crippen LogP contribution in [0.4, 0.5) is 0 Å². The molecule has 0 saturated carbocycles. The maximum atomic E-state index is 10.9. The van der Waals surface area contributed by atoms with E-state index >= 15 is 0 Å². The number of hydrogen-bond acceptors (Lipinski definition) is 4. The number of carboxylic acids is 1. The first kappa shape index (κ1) is 14.8. The minimum absolute atomic E-state index is 0.237. The van der Waals surface area contributed by atoms with Gasteiger partial charge >= 0.3 is 5.97 Å². The smallest absolute Gasteiger partial charge is 0.335 e. The van der Waals surface area contributed by atoms with Crippen LogP contribution in [0, 0.1) is 0 Å². The van der Waals surface area contributed by atoms with Crippen LogP contribution in [-0.2, 0) is 0 Å². The highest BCUT2D eigenvalue weighted by atomic mass is 16.5. The van der Waals surface area contributed by atoms with Crippen molar-refractivity contribution in [1.29, 1.82) is 0 Å². The van der Waals surface area contributed by atoms with Crippen LogP contribution in [0.25, 0.3) is 16.9 Å². The van der Waals surface area contributed by atoms with E-state index in [1.807, 2.05) is 31.2 Å². The molecular weight excluding hydrogens is 294 g/mol. The second kappa shape index (κ2) is 6.31. The molecule has 6 heteroatoms. The molecule has 3 aromatic rings. The number of nitrogens with zero attached hydrogens (tertiary/aromatic N) is 3. The van der Waals surface area contributed by atoms with E-state index in [-0.39, 0.29) is 5.56 Å². The number of carboxylic acid groups (broad SMARTS) is 1. The van der Waals surface area contributed by atoms with Gasteiger partial charge in [0, 0.05) is 5.56 Å². The molecule has 0 aliphatic heterocycles. The van der Waals surface area contributed by atoms with Crippen molar-refractivity contribution in [2.45, 2.75) is 6.92 Å². The van der Waals surface area contributed by atoms with Crippen molar-refractivity contribution in [2.24, 2.45) is 0 Å². The van der Waals surface area contributed by atoms with E-state index < -0.39 is 5.97 Å². The summed E-state index contributed by atoms with van der Waals surface area (Å²) in [4.78, 5) is 10.9. The minimum Gasteiger partial charge on any atom is -0.494 e. The average molecular weight is 309 g/mol. The number of ether oxygens (including phenoxy) is 1. The van der Waals surface area contributed by atoms with Gasteiger partial charge in [0.15, 0.2) is 0 Å². The summed E-state index contributed by atoms with van der Waals surface area (Å²) in [6, 6.07) is 14.1. The van der Waals surface area contributed by atoms with Gasteiger partial charge in [0.25, 0.3) is 0 Å². The fourth-order valence-corrected chi connectivity index (χ4v) is 2.17. The van der Waals surface area contributed by atoms with E-state index in [0.717, 1.165) is 22.7 Å². The van der Waals surface area contributed by atoms with Crippen molar-refractivity contribution in [2.75, 3.05) is 6.61 Å². The molecular formula is C17H15N3O3. The lowest BCUT2D eigenvalue weighted by Gasteiger charge is -2.03. The van der Waals surface area contributed by atoms with Crippen LogP contribution < -0.4 is 4.74 Å². The van der Waals surface area contributed by atoms with Crippen molar-refractivity contribution in [3.05, 3.63) is 60.3 Å². The zero-order valence-corrected chi connectivity index (χ0v) is 12.5. The number of hydrogen-bond donors (Lipinski definition) is 1. The monoisotopic (exact) mass is 309 g/mol. The van der Waals surface area contributed by atoms with Crippen molar-refractivity contribution >= 4 is 5.97 Å². The molecule has 0 unspecified atom stereocenters. The average Bonchev–Trinajstić information content (AvgIpc) is 3.06. The van der Waals surface area contributed by atoms with E-state index in [0.29, 0.717) is 6.61 Å². The molecule has 0 spiro atoms. The number of benzene rings is 2. The predicted molar refractivity (Wildman–Crippen MR) is 84.9 cm³/mol. The Labute approximate surface area is 133 Å². The van der Waals surface area contributed by atoms with Gasteiger partial charge in [0.2, 0.25) is 0 Å². The van der Waals surface area contributed by atoms with Gasteiger partial charge in [-0.3, -0.25) is 0 Å². The van der Waals surface area contributed by atoms with Crippen LogP contribution in [0.1, 0.15) is 17.3 Å². The van der Waals surface area contributed by atoms with Crippen LogP contribution in [-0.4, -0.2) is 32.7 Å². The molecule has 0 atom stereocenters. The Morgan fingerprint density at radius 3 is 2.43 bits per heavy atom. The zero-order chi connectivity index (χ0) is 16.2. The van der Waals surface area contributed by atoms with E-state index in [2.05, 4.69) is 10.3 Å². The van der Waals surface area contributed by atoms with Gasteiger partial charge in [-0.15, -0.1) is 5.10 Å². The molecule has 0 bridgehead atoms. The Bertz CT molecular complexity index is 808. The molecule has 2 aromatic carbocycles. The lowest BCUT2D eigenvalue weighted by molar-refractivity contribution is 0.0697. The van der Waals surface area contributed by atoms with Gasteiger partial charge < -0.3 is 9.84 Å². The molecule has 0 aliphatic carbocycles. The molecule has 0 radical (unpaired) electrons. The van der Waals surface area contributed by atoms with Crippen molar-refractivity contribution in [3.8, 4) is 22.7 Å². The molecule has 0 aliphatic rings. The van der Waals surface area contributed by atoms with Crippen LogP contribution in [0.3, 0.4) is 0 Å². The van der Waals surface area contributed by atoms with E-state index in [9.17, 15) is 4.79 Å². The second-order valence-electron chi connectivity index (χ2n) is 4.86. The Kier molecular flexibility index (Phi) is 4.05. The second-order valence-corrected chi connectivity index (χ2v) is 4.86. The summed E-state index contributed by atoms with van der Waals surface area (Å²) >= 11 is 0. The zero-order valence-electron chi connectivity index (χ0n) is 12.5. The van der Waals surface area contributed by atoms with Gasteiger partial charge in [-0.05, 0) is 55.5 Å². The number of aromatic nitrogens is 3. The van der Waals surface area contributed by atoms with Gasteiger partial charge in [-0.1, -0.05) is 5.21 Å². The summed E-state index contributed by atoms with van der Waals surface area (Å²) in [5.74, 6) is -0.141. The molecule has 1 N–H and O–H groups in total. The fraction of sp³-hybridized carbons (Fsp3) is 0.118. The number of aromatic carboxylic acids is 1. The first-order valence-electron chi connectivity index (χ1n) is 7.16. The highest BCUT2D eigenvalue weighted by molar-refractivity contribution is 5.87. The topological polar surface area (TPSA) is 77.2 Å². The summed E-state index contributed by atoms with van der Waals surface area (Å²) in [6.07, 6.45) is 1.80. The Morgan fingerprint density at radius 1 is 1.13 bits per heavy atom. The Balaban J connectivity index is 1.83. The van der Waals surface area contributed by atoms with Crippen LogP contribution in [0.5, 0.6) is 5.75 Å². The molecule has 0 fully saturated rings. The van der Waals surface area contributed by atoms with Gasteiger partial charge in [-0.25, -0.2) is 9.48 Å². The summed E-state index contributed by atoms with van der Waals surface area (Å²) in [7, 11) is 0. The van der Waals surface area contributed by atoms with Crippen molar-refractivity contribution in [1.82, 2.24) is 15.0 Å². The molecule has 0 amide bonds. The number of carbonyl (C=O) groups is 1. The Hall–Kier alpha value is -3.15. The molecule has 1 aromatic heterocycles. The fourth-order valence-electron chi connectivity index (χ4n) is 2.17. The molecule has 1 heterocycles. The third-order valence-corrected chi connectivity index (χ3v) is 3.33. The summed E-state index contributed by atoms with van der Waals surface area (Å²) in [6.45, 7) is 2.57. The van der Waals surface area contributed by atoms with Gasteiger partial charge in [-0.2, -0.15) is 0 Å². The maximum absolute atomic E-state index is 10.9. The standard InChI is InChI=1S/C17H15N3O3/c1-2-23-15-9-5-12(6-10-15)16-11-20(19-18-16)14-7-3-13(4-8-14)17(21)22/h3-11H,2H2,1H3,(H,21,22). The van der Waals surface area contributed by atoms with Crippen LogP contribution >= 0.6 is 0 Å². The molecule has 3 rings (SSSR count). The summed E-state index contributed by atoms with van der Waals surface area (Å²) in [5, 5.41) is 17.2. The van der Waals surface area contributed by atoms with Gasteiger partial charge in [0.05, 0.1) is 24.1 Å².